The third kappa shape index (κ3) is 4.07. The number of benzene rings is 1. The Balaban J connectivity index is 1.78. The van der Waals surface area contributed by atoms with E-state index in [-0.39, 0.29) is 12.0 Å². The third-order valence-electron chi connectivity index (χ3n) is 3.48. The Kier molecular flexibility index (Phi) is 5.25. The van der Waals surface area contributed by atoms with E-state index in [1.165, 1.54) is 6.07 Å². The molecule has 0 spiro atoms. The van der Waals surface area contributed by atoms with Crippen LogP contribution in [0.25, 0.3) is 10.9 Å². The van der Waals surface area contributed by atoms with E-state index in [4.69, 9.17) is 25.8 Å². The summed E-state index contributed by atoms with van der Waals surface area (Å²) in [6.45, 7) is 1.61. The van der Waals surface area contributed by atoms with E-state index in [0.717, 1.165) is 6.42 Å². The maximum absolute atomic E-state index is 13.0. The van der Waals surface area contributed by atoms with Gasteiger partial charge in [-0.05, 0) is 24.6 Å². The Hall–Kier alpha value is -1.50. The zero-order valence-corrected chi connectivity index (χ0v) is 13.1. The molecule has 2 aromatic rings. The van der Waals surface area contributed by atoms with Crippen LogP contribution >= 0.6 is 11.6 Å². The molecular weight excluding hydrogens is 328 g/mol. The smallest absolute Gasteiger partial charge is 0.280 e. The number of rotatable bonds is 5. The molecule has 1 aliphatic heterocycles. The minimum atomic E-state index is -2.66. The molecule has 3 rings (SSSR count). The van der Waals surface area contributed by atoms with Gasteiger partial charge in [0.05, 0.1) is 25.3 Å². The lowest BCUT2D eigenvalue weighted by Gasteiger charge is -2.23. The van der Waals surface area contributed by atoms with Crippen molar-refractivity contribution < 1.29 is 23.0 Å². The molecule has 0 radical (unpaired) electrons. The maximum atomic E-state index is 13.0. The molecule has 0 amide bonds. The first-order valence-corrected chi connectivity index (χ1v) is 7.75. The summed E-state index contributed by atoms with van der Waals surface area (Å²) < 4.78 is 42.5. The molecule has 0 N–H and O–H groups in total. The zero-order chi connectivity index (χ0) is 16.2. The Bertz CT molecular complexity index is 678. The van der Waals surface area contributed by atoms with E-state index in [0.29, 0.717) is 47.9 Å². The van der Waals surface area contributed by atoms with Gasteiger partial charge in [-0.1, -0.05) is 11.6 Å². The highest BCUT2D eigenvalue weighted by molar-refractivity contribution is 6.31. The van der Waals surface area contributed by atoms with Crippen molar-refractivity contribution in [3.05, 3.63) is 35.0 Å². The molecule has 0 bridgehead atoms. The van der Waals surface area contributed by atoms with Crippen molar-refractivity contribution in [3.8, 4) is 5.75 Å². The first kappa shape index (κ1) is 16.4. The van der Waals surface area contributed by atoms with Crippen LogP contribution in [0.4, 0.5) is 8.78 Å². The first-order valence-electron chi connectivity index (χ1n) is 7.38. The summed E-state index contributed by atoms with van der Waals surface area (Å²) in [6, 6.07) is 6.12. The lowest BCUT2D eigenvalue weighted by Crippen LogP contribution is -2.26. The Morgan fingerprint density at radius 2 is 2.04 bits per heavy atom. The largest absolute Gasteiger partial charge is 0.493 e. The van der Waals surface area contributed by atoms with Gasteiger partial charge in [-0.2, -0.15) is 0 Å². The van der Waals surface area contributed by atoms with Gasteiger partial charge >= 0.3 is 0 Å². The highest BCUT2D eigenvalue weighted by atomic mass is 35.5. The van der Waals surface area contributed by atoms with Crippen LogP contribution in [0.3, 0.4) is 0 Å². The Labute approximate surface area is 137 Å². The number of hydrogen-bond acceptors (Lipinski definition) is 4. The second-order valence-electron chi connectivity index (χ2n) is 5.17. The molecular formula is C16H16ClF2NO3. The summed E-state index contributed by atoms with van der Waals surface area (Å²) in [5, 5.41) is 1.10. The van der Waals surface area contributed by atoms with E-state index in [2.05, 4.69) is 4.98 Å². The second-order valence-corrected chi connectivity index (χ2v) is 5.61. The molecule has 1 aliphatic rings. The van der Waals surface area contributed by atoms with Crippen LogP contribution < -0.4 is 4.74 Å². The fraction of sp³-hybridized carbons (Fsp3) is 0.438. The molecule has 0 saturated carbocycles. The molecule has 1 aromatic heterocycles. The maximum Gasteiger partial charge on any atom is 0.280 e. The van der Waals surface area contributed by atoms with Crippen LogP contribution in [0.15, 0.2) is 24.3 Å². The molecule has 0 unspecified atom stereocenters. The number of ether oxygens (including phenoxy) is 3. The molecule has 2 heterocycles. The lowest BCUT2D eigenvalue weighted by molar-refractivity contribution is -0.183. The molecule has 1 aromatic carbocycles. The van der Waals surface area contributed by atoms with Gasteiger partial charge in [0.25, 0.3) is 6.43 Å². The van der Waals surface area contributed by atoms with Crippen molar-refractivity contribution in [1.82, 2.24) is 4.98 Å². The standard InChI is InChI=1S/C16H16ClF2NO3/c17-10-2-3-12-11(8-10)14(9-13(20-12)16(18)19)21-7-4-15-22-5-1-6-23-15/h2-3,8-9,15-16H,1,4-7H2. The Morgan fingerprint density at radius 3 is 2.78 bits per heavy atom. The zero-order valence-electron chi connectivity index (χ0n) is 12.3. The number of halogens is 3. The van der Waals surface area contributed by atoms with Crippen molar-refractivity contribution >= 4 is 22.5 Å². The van der Waals surface area contributed by atoms with E-state index in [1.807, 2.05) is 0 Å². The molecule has 4 nitrogen and oxygen atoms in total. The molecule has 1 fully saturated rings. The highest BCUT2D eigenvalue weighted by Crippen LogP contribution is 2.31. The predicted octanol–water partition coefficient (Wildman–Crippen LogP) is 4.36. The van der Waals surface area contributed by atoms with Crippen LogP contribution in [0.5, 0.6) is 5.75 Å². The fourth-order valence-corrected chi connectivity index (χ4v) is 2.56. The average Bonchev–Trinajstić information content (AvgIpc) is 2.55. The quantitative estimate of drug-likeness (QED) is 0.809. The fourth-order valence-electron chi connectivity index (χ4n) is 2.39. The summed E-state index contributed by atoms with van der Waals surface area (Å²) in [5.74, 6) is 0.337. The predicted molar refractivity (Wildman–Crippen MR) is 82.1 cm³/mol. The first-order chi connectivity index (χ1) is 11.1. The summed E-state index contributed by atoms with van der Waals surface area (Å²) in [6.07, 6.45) is -1.57. The summed E-state index contributed by atoms with van der Waals surface area (Å²) >= 11 is 5.98. The van der Waals surface area contributed by atoms with Crippen molar-refractivity contribution in [3.63, 3.8) is 0 Å². The van der Waals surface area contributed by atoms with Crippen LogP contribution in [0, 0.1) is 0 Å². The van der Waals surface area contributed by atoms with Crippen LogP contribution in [0.2, 0.25) is 5.02 Å². The molecule has 0 atom stereocenters. The van der Waals surface area contributed by atoms with Gasteiger partial charge in [0.1, 0.15) is 11.4 Å². The SMILES string of the molecule is FC(F)c1cc(OCCC2OCCCO2)c2cc(Cl)ccc2n1. The van der Waals surface area contributed by atoms with E-state index in [1.54, 1.807) is 18.2 Å². The molecule has 0 aliphatic carbocycles. The van der Waals surface area contributed by atoms with Gasteiger partial charge < -0.3 is 14.2 Å². The normalized spacial score (nSPS) is 16.2. The number of alkyl halides is 2. The topological polar surface area (TPSA) is 40.6 Å². The summed E-state index contributed by atoms with van der Waals surface area (Å²) in [5.41, 5.74) is 0.104. The average molecular weight is 344 g/mol. The third-order valence-corrected chi connectivity index (χ3v) is 3.72. The van der Waals surface area contributed by atoms with Gasteiger partial charge in [0.2, 0.25) is 0 Å². The van der Waals surface area contributed by atoms with Crippen molar-refractivity contribution in [2.45, 2.75) is 25.6 Å². The number of aromatic nitrogens is 1. The van der Waals surface area contributed by atoms with Gasteiger partial charge in [-0.25, -0.2) is 13.8 Å². The van der Waals surface area contributed by atoms with Crippen molar-refractivity contribution in [2.75, 3.05) is 19.8 Å². The van der Waals surface area contributed by atoms with Gasteiger partial charge in [-0.3, -0.25) is 0 Å². The monoisotopic (exact) mass is 343 g/mol. The molecule has 7 heteroatoms. The van der Waals surface area contributed by atoms with Crippen molar-refractivity contribution in [2.24, 2.45) is 0 Å². The Morgan fingerprint density at radius 1 is 1.26 bits per heavy atom. The minimum Gasteiger partial charge on any atom is -0.493 e. The van der Waals surface area contributed by atoms with E-state index in [9.17, 15) is 8.78 Å². The number of nitrogens with zero attached hydrogens (tertiary/aromatic N) is 1. The lowest BCUT2D eigenvalue weighted by atomic mass is 10.2. The number of hydrogen-bond donors (Lipinski definition) is 0. The van der Waals surface area contributed by atoms with E-state index >= 15 is 0 Å². The van der Waals surface area contributed by atoms with Gasteiger partial charge in [0, 0.05) is 22.9 Å². The molecule has 23 heavy (non-hydrogen) atoms. The van der Waals surface area contributed by atoms with Crippen LogP contribution in [0.1, 0.15) is 25.0 Å². The molecule has 1 saturated heterocycles. The van der Waals surface area contributed by atoms with Gasteiger partial charge in [0.15, 0.2) is 6.29 Å². The summed E-state index contributed by atoms with van der Waals surface area (Å²) in [4.78, 5) is 3.94. The number of fused-ring (bicyclic) bond motifs is 1. The van der Waals surface area contributed by atoms with Gasteiger partial charge in [-0.15, -0.1) is 0 Å². The second kappa shape index (κ2) is 7.38. The molecule has 124 valence electrons. The van der Waals surface area contributed by atoms with Crippen LogP contribution in [-0.4, -0.2) is 31.1 Å². The summed E-state index contributed by atoms with van der Waals surface area (Å²) in [7, 11) is 0. The number of pyridine rings is 1. The minimum absolute atomic E-state index is 0.291. The van der Waals surface area contributed by atoms with E-state index < -0.39 is 6.43 Å². The highest BCUT2D eigenvalue weighted by Gasteiger charge is 2.17. The van der Waals surface area contributed by atoms with Crippen LogP contribution in [-0.2, 0) is 9.47 Å². The van der Waals surface area contributed by atoms with Crippen molar-refractivity contribution in [1.29, 1.82) is 0 Å².